The largest absolute Gasteiger partial charge is 0.480 e. The molecule has 1 aliphatic carbocycles. The van der Waals surface area contributed by atoms with Gasteiger partial charge in [-0.3, -0.25) is 0 Å². The highest BCUT2D eigenvalue weighted by Crippen LogP contribution is 2.44. The zero-order chi connectivity index (χ0) is 25.6. The lowest BCUT2D eigenvalue weighted by atomic mass is 9.98. The minimum Gasteiger partial charge on any atom is -0.480 e. The summed E-state index contributed by atoms with van der Waals surface area (Å²) in [7, 11) is 0. The first-order valence-corrected chi connectivity index (χ1v) is 11.5. The molecule has 3 rings (SSSR count). The monoisotopic (exact) mass is 484 g/mol. The maximum absolute atomic E-state index is 12.4. The number of hydrogen-bond acceptors (Lipinski definition) is 6. The molecule has 0 radical (unpaired) electrons. The number of fused-ring (bicyclic) bond motifs is 3. The van der Waals surface area contributed by atoms with Gasteiger partial charge in [-0.1, -0.05) is 48.5 Å². The minimum atomic E-state index is -1.25. The highest BCUT2D eigenvalue weighted by Gasteiger charge is 2.30. The summed E-state index contributed by atoms with van der Waals surface area (Å²) in [5, 5.41) is 24.4. The van der Waals surface area contributed by atoms with Crippen molar-refractivity contribution in [2.75, 3.05) is 13.2 Å². The molecule has 2 atom stereocenters. The van der Waals surface area contributed by atoms with Gasteiger partial charge in [-0.25, -0.2) is 14.4 Å². The van der Waals surface area contributed by atoms with Crippen LogP contribution in [0.4, 0.5) is 9.59 Å². The van der Waals surface area contributed by atoms with Crippen LogP contribution in [0, 0.1) is 0 Å². The molecule has 2 aromatic rings. The molecule has 0 saturated carbocycles. The van der Waals surface area contributed by atoms with Crippen LogP contribution in [0.5, 0.6) is 0 Å². The van der Waals surface area contributed by atoms with E-state index < -0.39 is 35.9 Å². The van der Waals surface area contributed by atoms with Crippen LogP contribution >= 0.6 is 0 Å². The van der Waals surface area contributed by atoms with E-state index in [4.69, 9.17) is 9.47 Å². The first-order valence-electron chi connectivity index (χ1n) is 11.5. The first-order chi connectivity index (χ1) is 16.5. The maximum atomic E-state index is 12.4. The molecule has 188 valence electrons. The Hall–Kier alpha value is -3.59. The van der Waals surface area contributed by atoms with E-state index in [0.29, 0.717) is 0 Å². The van der Waals surface area contributed by atoms with E-state index in [1.165, 1.54) is 0 Å². The molecular weight excluding hydrogens is 452 g/mol. The highest BCUT2D eigenvalue weighted by atomic mass is 16.6. The Balaban J connectivity index is 1.49. The van der Waals surface area contributed by atoms with Crippen molar-refractivity contribution < 1.29 is 34.1 Å². The first kappa shape index (κ1) is 26.0. The van der Waals surface area contributed by atoms with Gasteiger partial charge in [0.2, 0.25) is 0 Å². The lowest BCUT2D eigenvalue weighted by Gasteiger charge is -2.21. The molecule has 0 saturated heterocycles. The summed E-state index contributed by atoms with van der Waals surface area (Å²) in [4.78, 5) is 35.7. The van der Waals surface area contributed by atoms with Gasteiger partial charge in [0, 0.05) is 12.5 Å². The SMILES string of the molecule is CC(C)(C)OC(=O)NC[C@@H](O)CC[C@H](NC(=O)OCC1c2ccccc2-c2ccccc21)C(=O)O. The number of alkyl carbamates (subject to hydrolysis) is 2. The Morgan fingerprint density at radius 3 is 2.06 bits per heavy atom. The molecular formula is C26H32N2O7. The van der Waals surface area contributed by atoms with Gasteiger partial charge in [0.1, 0.15) is 18.2 Å². The van der Waals surface area contributed by atoms with E-state index in [2.05, 4.69) is 10.6 Å². The third-order valence-electron chi connectivity index (χ3n) is 5.60. The lowest BCUT2D eigenvalue weighted by Crippen LogP contribution is -2.42. The fourth-order valence-corrected chi connectivity index (χ4v) is 4.02. The molecule has 0 unspecified atom stereocenters. The Morgan fingerprint density at radius 1 is 0.943 bits per heavy atom. The number of ether oxygens (including phenoxy) is 2. The summed E-state index contributed by atoms with van der Waals surface area (Å²) in [6, 6.07) is 14.6. The smallest absolute Gasteiger partial charge is 0.407 e. The maximum Gasteiger partial charge on any atom is 0.407 e. The molecule has 0 heterocycles. The molecule has 0 bridgehead atoms. The van der Waals surface area contributed by atoms with Crippen LogP contribution in [0.3, 0.4) is 0 Å². The predicted octanol–water partition coefficient (Wildman–Crippen LogP) is 3.64. The third-order valence-corrected chi connectivity index (χ3v) is 5.60. The Morgan fingerprint density at radius 2 is 1.51 bits per heavy atom. The van der Waals surface area contributed by atoms with Gasteiger partial charge >= 0.3 is 18.2 Å². The van der Waals surface area contributed by atoms with Crippen LogP contribution in [0.15, 0.2) is 48.5 Å². The Bertz CT molecular complexity index is 1020. The van der Waals surface area contributed by atoms with Gasteiger partial charge in [0.15, 0.2) is 0 Å². The van der Waals surface area contributed by atoms with Crippen LogP contribution in [0.1, 0.15) is 50.7 Å². The van der Waals surface area contributed by atoms with Gasteiger partial charge in [0.05, 0.1) is 6.10 Å². The summed E-state index contributed by atoms with van der Waals surface area (Å²) in [6.07, 6.45) is -2.54. The van der Waals surface area contributed by atoms with Crippen molar-refractivity contribution in [1.29, 1.82) is 0 Å². The number of nitrogens with one attached hydrogen (secondary N) is 2. The Labute approximate surface area is 204 Å². The standard InChI is InChI=1S/C26H32N2O7/c1-26(2,3)35-24(32)27-14-16(29)12-13-22(23(30)31)28-25(33)34-15-21-19-10-6-4-8-17(19)18-9-5-7-11-20(18)21/h4-11,16,21-22,29H,12-15H2,1-3H3,(H,27,32)(H,28,33)(H,30,31)/t16-,22-/m0/s1. The second-order valence-corrected chi connectivity index (χ2v) is 9.47. The number of carbonyl (C=O) groups excluding carboxylic acids is 2. The number of rotatable bonds is 9. The number of aliphatic carboxylic acids is 1. The number of amides is 2. The Kier molecular flexibility index (Phi) is 8.34. The van der Waals surface area contributed by atoms with Crippen molar-refractivity contribution in [3.8, 4) is 11.1 Å². The van der Waals surface area contributed by atoms with Crippen molar-refractivity contribution in [3.63, 3.8) is 0 Å². The third kappa shape index (κ3) is 7.19. The van der Waals surface area contributed by atoms with Crippen LogP contribution < -0.4 is 10.6 Å². The molecule has 9 nitrogen and oxygen atoms in total. The van der Waals surface area contributed by atoms with E-state index in [0.717, 1.165) is 22.3 Å². The zero-order valence-electron chi connectivity index (χ0n) is 20.1. The number of hydrogen-bond donors (Lipinski definition) is 4. The molecule has 35 heavy (non-hydrogen) atoms. The summed E-state index contributed by atoms with van der Waals surface area (Å²) >= 11 is 0. The van der Waals surface area contributed by atoms with E-state index in [9.17, 15) is 24.6 Å². The molecule has 1 aliphatic rings. The van der Waals surface area contributed by atoms with Crippen LogP contribution in [-0.4, -0.2) is 59.3 Å². The average molecular weight is 485 g/mol. The average Bonchev–Trinajstić information content (AvgIpc) is 3.11. The predicted molar refractivity (Wildman–Crippen MR) is 129 cm³/mol. The van der Waals surface area contributed by atoms with Gasteiger partial charge in [-0.2, -0.15) is 0 Å². The number of carbonyl (C=O) groups is 3. The van der Waals surface area contributed by atoms with E-state index in [1.54, 1.807) is 20.8 Å². The zero-order valence-corrected chi connectivity index (χ0v) is 20.1. The van der Waals surface area contributed by atoms with Crippen LogP contribution in [0.25, 0.3) is 11.1 Å². The molecule has 4 N–H and O–H groups in total. The van der Waals surface area contributed by atoms with Gasteiger partial charge in [-0.05, 0) is 55.9 Å². The fraction of sp³-hybridized carbons (Fsp3) is 0.423. The fourth-order valence-electron chi connectivity index (χ4n) is 4.02. The topological polar surface area (TPSA) is 134 Å². The van der Waals surface area contributed by atoms with E-state index >= 15 is 0 Å². The molecule has 2 amide bonds. The molecule has 0 spiro atoms. The van der Waals surface area contributed by atoms with Crippen LogP contribution in [-0.2, 0) is 14.3 Å². The van der Waals surface area contributed by atoms with Crippen molar-refractivity contribution >= 4 is 18.2 Å². The summed E-state index contributed by atoms with van der Waals surface area (Å²) in [6.45, 7) is 5.11. The van der Waals surface area contributed by atoms with Crippen molar-refractivity contribution in [2.45, 2.75) is 57.3 Å². The molecule has 0 aromatic heterocycles. The van der Waals surface area contributed by atoms with Crippen molar-refractivity contribution in [2.24, 2.45) is 0 Å². The van der Waals surface area contributed by atoms with Gasteiger partial charge in [-0.15, -0.1) is 0 Å². The second-order valence-electron chi connectivity index (χ2n) is 9.47. The number of aliphatic hydroxyl groups excluding tert-OH is 1. The quantitative estimate of drug-likeness (QED) is 0.427. The number of benzene rings is 2. The van der Waals surface area contributed by atoms with E-state index in [1.807, 2.05) is 48.5 Å². The number of aliphatic hydroxyl groups is 1. The van der Waals surface area contributed by atoms with Crippen molar-refractivity contribution in [3.05, 3.63) is 59.7 Å². The summed E-state index contributed by atoms with van der Waals surface area (Å²) < 4.78 is 10.5. The number of carboxylic acid groups (broad SMARTS) is 1. The minimum absolute atomic E-state index is 0.0381. The summed E-state index contributed by atoms with van der Waals surface area (Å²) in [5.41, 5.74) is 3.62. The second kappa shape index (κ2) is 11.2. The normalized spacial score (nSPS) is 14.3. The molecule has 9 heteroatoms. The number of carboxylic acids is 1. The molecule has 0 fully saturated rings. The van der Waals surface area contributed by atoms with Gasteiger partial charge < -0.3 is 30.3 Å². The van der Waals surface area contributed by atoms with Crippen molar-refractivity contribution in [1.82, 2.24) is 10.6 Å². The van der Waals surface area contributed by atoms with Crippen LogP contribution in [0.2, 0.25) is 0 Å². The van der Waals surface area contributed by atoms with E-state index in [-0.39, 0.29) is 31.9 Å². The molecule has 0 aliphatic heterocycles. The summed E-state index contributed by atoms with van der Waals surface area (Å²) in [5.74, 6) is -1.39. The molecule has 2 aromatic carbocycles. The lowest BCUT2D eigenvalue weighted by molar-refractivity contribution is -0.139. The highest BCUT2D eigenvalue weighted by molar-refractivity contribution is 5.81. The van der Waals surface area contributed by atoms with Gasteiger partial charge in [0.25, 0.3) is 0 Å².